The number of benzene rings is 2. The van der Waals surface area contributed by atoms with Crippen molar-refractivity contribution < 1.29 is 22.7 Å². The number of nitrogens with one attached hydrogen (secondary N) is 1. The van der Waals surface area contributed by atoms with E-state index in [9.17, 15) is 18.0 Å². The van der Waals surface area contributed by atoms with Gasteiger partial charge in [-0.05, 0) is 55.3 Å². The smallest absolute Gasteiger partial charge is 0.255 e. The first-order valence-electron chi connectivity index (χ1n) is 9.79. The zero-order valence-electron chi connectivity index (χ0n) is 16.6. The monoisotopic (exact) mass is 429 g/mol. The Morgan fingerprint density at radius 2 is 1.83 bits per heavy atom. The predicted octanol–water partition coefficient (Wildman–Crippen LogP) is 2.61. The third-order valence-electron chi connectivity index (χ3n) is 5.32. The van der Waals surface area contributed by atoms with Crippen LogP contribution >= 0.6 is 0 Å². The van der Waals surface area contributed by atoms with Crippen molar-refractivity contribution in [2.24, 2.45) is 0 Å². The normalized spacial score (nSPS) is 18.0. The molecule has 2 heterocycles. The van der Waals surface area contributed by atoms with Crippen molar-refractivity contribution in [1.29, 1.82) is 0 Å². The molecule has 2 aliphatic heterocycles. The number of amides is 2. The van der Waals surface area contributed by atoms with Crippen LogP contribution in [0.3, 0.4) is 0 Å². The van der Waals surface area contributed by atoms with Crippen molar-refractivity contribution in [2.45, 2.75) is 19.3 Å². The molecule has 0 atom stereocenters. The number of anilines is 3. The maximum Gasteiger partial charge on any atom is 0.255 e. The SMILES string of the molecule is COc1ccc(NC(=O)c2ccc(N3CCCS3(=O)=O)cc2)cc1N1CCCC1=O. The standard InChI is InChI=1S/C21H23N3O5S/c1-29-19-10-7-16(14-18(19)23-11-2-4-20(23)25)22-21(26)15-5-8-17(9-6-15)24-12-3-13-30(24,27)28/h5-10,14H,2-4,11-13H2,1H3,(H,22,26). The van der Waals surface area contributed by atoms with Gasteiger partial charge >= 0.3 is 0 Å². The number of hydrogen-bond donors (Lipinski definition) is 1. The Morgan fingerprint density at radius 1 is 1.07 bits per heavy atom. The van der Waals surface area contributed by atoms with E-state index in [0.717, 1.165) is 6.42 Å². The Balaban J connectivity index is 1.52. The molecule has 2 amide bonds. The van der Waals surface area contributed by atoms with Gasteiger partial charge in [0, 0.05) is 30.8 Å². The number of rotatable bonds is 5. The summed E-state index contributed by atoms with van der Waals surface area (Å²) in [5.41, 5.74) is 2.14. The number of carbonyl (C=O) groups is 2. The summed E-state index contributed by atoms with van der Waals surface area (Å²) in [6.45, 7) is 1.07. The minimum Gasteiger partial charge on any atom is -0.495 e. The Kier molecular flexibility index (Phi) is 5.38. The highest BCUT2D eigenvalue weighted by molar-refractivity contribution is 7.93. The third-order valence-corrected chi connectivity index (χ3v) is 7.19. The summed E-state index contributed by atoms with van der Waals surface area (Å²) in [4.78, 5) is 26.5. The van der Waals surface area contributed by atoms with E-state index in [-0.39, 0.29) is 17.6 Å². The van der Waals surface area contributed by atoms with Gasteiger partial charge in [0.25, 0.3) is 5.91 Å². The molecule has 2 aliphatic rings. The van der Waals surface area contributed by atoms with Gasteiger partial charge in [-0.25, -0.2) is 8.42 Å². The molecule has 2 aromatic carbocycles. The Morgan fingerprint density at radius 3 is 2.43 bits per heavy atom. The fraction of sp³-hybridized carbons (Fsp3) is 0.333. The first-order chi connectivity index (χ1) is 14.4. The molecule has 30 heavy (non-hydrogen) atoms. The van der Waals surface area contributed by atoms with E-state index < -0.39 is 10.0 Å². The summed E-state index contributed by atoms with van der Waals surface area (Å²) >= 11 is 0. The number of ether oxygens (including phenoxy) is 1. The van der Waals surface area contributed by atoms with E-state index in [1.54, 1.807) is 54.5 Å². The summed E-state index contributed by atoms with van der Waals surface area (Å²) in [7, 11) is -1.72. The molecular weight excluding hydrogens is 406 g/mol. The van der Waals surface area contributed by atoms with E-state index in [1.165, 1.54) is 4.31 Å². The van der Waals surface area contributed by atoms with Crippen LogP contribution in [0.15, 0.2) is 42.5 Å². The number of methoxy groups -OCH3 is 1. The molecule has 158 valence electrons. The van der Waals surface area contributed by atoms with Gasteiger partial charge in [-0.2, -0.15) is 0 Å². The summed E-state index contributed by atoms with van der Waals surface area (Å²) < 4.78 is 30.8. The fourth-order valence-electron chi connectivity index (χ4n) is 3.79. The van der Waals surface area contributed by atoms with Gasteiger partial charge in [0.1, 0.15) is 5.75 Å². The summed E-state index contributed by atoms with van der Waals surface area (Å²) in [5.74, 6) is 0.424. The third kappa shape index (κ3) is 3.85. The quantitative estimate of drug-likeness (QED) is 0.788. The molecule has 9 heteroatoms. The van der Waals surface area contributed by atoms with Crippen LogP contribution in [0.4, 0.5) is 17.1 Å². The largest absolute Gasteiger partial charge is 0.495 e. The molecule has 8 nitrogen and oxygen atoms in total. The Hall–Kier alpha value is -3.07. The van der Waals surface area contributed by atoms with Crippen molar-refractivity contribution >= 4 is 38.9 Å². The molecule has 0 saturated carbocycles. The van der Waals surface area contributed by atoms with Gasteiger partial charge in [0.15, 0.2) is 0 Å². The molecule has 0 aromatic heterocycles. The van der Waals surface area contributed by atoms with E-state index in [2.05, 4.69) is 5.32 Å². The summed E-state index contributed by atoms with van der Waals surface area (Å²) in [6.07, 6.45) is 1.89. The lowest BCUT2D eigenvalue weighted by Gasteiger charge is -2.20. The van der Waals surface area contributed by atoms with Crippen LogP contribution in [0.2, 0.25) is 0 Å². The molecule has 2 fully saturated rings. The first kappa shape index (κ1) is 20.2. The highest BCUT2D eigenvalue weighted by atomic mass is 32.2. The maximum absolute atomic E-state index is 12.7. The Bertz CT molecular complexity index is 1080. The number of sulfonamides is 1. The zero-order valence-corrected chi connectivity index (χ0v) is 17.4. The molecule has 0 spiro atoms. The lowest BCUT2D eigenvalue weighted by atomic mass is 10.1. The van der Waals surface area contributed by atoms with Crippen molar-refractivity contribution in [3.8, 4) is 5.75 Å². The van der Waals surface area contributed by atoms with Crippen LogP contribution in [0.5, 0.6) is 5.75 Å². The molecule has 1 N–H and O–H groups in total. The van der Waals surface area contributed by atoms with E-state index in [4.69, 9.17) is 4.74 Å². The number of hydrogen-bond acceptors (Lipinski definition) is 5. The topological polar surface area (TPSA) is 96.0 Å². The molecule has 0 radical (unpaired) electrons. The van der Waals surface area contributed by atoms with Gasteiger partial charge < -0.3 is 15.0 Å². The molecular formula is C21H23N3O5S. The molecule has 0 aliphatic carbocycles. The van der Waals surface area contributed by atoms with Crippen LogP contribution in [-0.2, 0) is 14.8 Å². The van der Waals surface area contributed by atoms with Gasteiger partial charge in [0.2, 0.25) is 15.9 Å². The van der Waals surface area contributed by atoms with Gasteiger partial charge in [0.05, 0.1) is 24.2 Å². The van der Waals surface area contributed by atoms with Crippen molar-refractivity contribution in [3.63, 3.8) is 0 Å². The molecule has 2 saturated heterocycles. The molecule has 0 bridgehead atoms. The Labute approximate surface area is 175 Å². The van der Waals surface area contributed by atoms with Crippen molar-refractivity contribution in [3.05, 3.63) is 48.0 Å². The van der Waals surface area contributed by atoms with Crippen LogP contribution in [0, 0.1) is 0 Å². The number of nitrogens with zero attached hydrogens (tertiary/aromatic N) is 2. The van der Waals surface area contributed by atoms with Crippen LogP contribution in [-0.4, -0.2) is 46.2 Å². The van der Waals surface area contributed by atoms with Crippen molar-refractivity contribution in [2.75, 3.05) is 40.5 Å². The summed E-state index contributed by atoms with van der Waals surface area (Å²) in [5, 5.41) is 2.83. The average Bonchev–Trinajstić information content (AvgIpc) is 3.32. The van der Waals surface area contributed by atoms with E-state index in [0.29, 0.717) is 54.3 Å². The molecule has 2 aromatic rings. The van der Waals surface area contributed by atoms with Gasteiger partial charge in [-0.3, -0.25) is 13.9 Å². The second kappa shape index (κ2) is 7.98. The lowest BCUT2D eigenvalue weighted by molar-refractivity contribution is -0.117. The second-order valence-corrected chi connectivity index (χ2v) is 9.29. The van der Waals surface area contributed by atoms with Gasteiger partial charge in [-0.15, -0.1) is 0 Å². The predicted molar refractivity (Wildman–Crippen MR) is 115 cm³/mol. The molecule has 4 rings (SSSR count). The minimum absolute atomic E-state index is 0.0317. The highest BCUT2D eigenvalue weighted by Crippen LogP contribution is 2.34. The van der Waals surface area contributed by atoms with E-state index in [1.807, 2.05) is 0 Å². The average molecular weight is 429 g/mol. The second-order valence-electron chi connectivity index (χ2n) is 7.28. The lowest BCUT2D eigenvalue weighted by Crippen LogP contribution is -2.25. The minimum atomic E-state index is -3.26. The number of carbonyl (C=O) groups excluding carboxylic acids is 2. The summed E-state index contributed by atoms with van der Waals surface area (Å²) in [6, 6.07) is 11.6. The van der Waals surface area contributed by atoms with Crippen LogP contribution < -0.4 is 19.3 Å². The first-order valence-corrected chi connectivity index (χ1v) is 11.4. The van der Waals surface area contributed by atoms with Crippen molar-refractivity contribution in [1.82, 2.24) is 0 Å². The van der Waals surface area contributed by atoms with Crippen LogP contribution in [0.1, 0.15) is 29.6 Å². The fourth-order valence-corrected chi connectivity index (χ4v) is 5.36. The van der Waals surface area contributed by atoms with Gasteiger partial charge in [-0.1, -0.05) is 0 Å². The molecule has 0 unspecified atom stereocenters. The van der Waals surface area contributed by atoms with E-state index >= 15 is 0 Å². The maximum atomic E-state index is 12.7. The zero-order chi connectivity index (χ0) is 21.3. The highest BCUT2D eigenvalue weighted by Gasteiger charge is 2.28. The van der Waals surface area contributed by atoms with Crippen LogP contribution in [0.25, 0.3) is 0 Å².